The molecule has 0 saturated carbocycles. The fourth-order valence-electron chi connectivity index (χ4n) is 1.18. The first-order chi connectivity index (χ1) is 7.66. The van der Waals surface area contributed by atoms with Crippen LogP contribution in [0.15, 0.2) is 35.7 Å². The van der Waals surface area contributed by atoms with Crippen LogP contribution in [0.25, 0.3) is 0 Å². The van der Waals surface area contributed by atoms with Crippen LogP contribution in [0.2, 0.25) is 0 Å². The lowest BCUT2D eigenvalue weighted by Crippen LogP contribution is -2.11. The lowest BCUT2D eigenvalue weighted by molar-refractivity contribution is 0.103. The van der Waals surface area contributed by atoms with Gasteiger partial charge < -0.3 is 5.32 Å². The minimum absolute atomic E-state index is 0.167. The van der Waals surface area contributed by atoms with Gasteiger partial charge in [0.1, 0.15) is 5.82 Å². The number of hydrogen-bond acceptors (Lipinski definition) is 2. The number of benzene rings is 1. The SMILES string of the molecule is O=C(Nc1ccc(F)cc1I)c1cccs1. The molecule has 0 bridgehead atoms. The van der Waals surface area contributed by atoms with Gasteiger partial charge in [0.15, 0.2) is 0 Å². The zero-order chi connectivity index (χ0) is 11.5. The molecule has 2 rings (SSSR count). The van der Waals surface area contributed by atoms with Crippen molar-refractivity contribution in [2.24, 2.45) is 0 Å². The van der Waals surface area contributed by atoms with Crippen molar-refractivity contribution in [1.29, 1.82) is 0 Å². The highest BCUT2D eigenvalue weighted by Crippen LogP contribution is 2.20. The summed E-state index contributed by atoms with van der Waals surface area (Å²) in [6, 6.07) is 7.82. The molecule has 0 aliphatic carbocycles. The van der Waals surface area contributed by atoms with Gasteiger partial charge in [0.25, 0.3) is 5.91 Å². The van der Waals surface area contributed by atoms with Gasteiger partial charge in [0.05, 0.1) is 10.6 Å². The minimum Gasteiger partial charge on any atom is -0.320 e. The van der Waals surface area contributed by atoms with E-state index in [0.717, 1.165) is 0 Å². The molecule has 0 saturated heterocycles. The molecule has 82 valence electrons. The van der Waals surface area contributed by atoms with E-state index in [-0.39, 0.29) is 11.7 Å². The second kappa shape index (κ2) is 4.92. The third-order valence-electron chi connectivity index (χ3n) is 1.92. The number of hydrogen-bond donors (Lipinski definition) is 1. The van der Waals surface area contributed by atoms with Crippen molar-refractivity contribution in [3.8, 4) is 0 Å². The van der Waals surface area contributed by atoms with Crippen molar-refractivity contribution in [3.05, 3.63) is 50.0 Å². The zero-order valence-corrected chi connectivity index (χ0v) is 11.0. The van der Waals surface area contributed by atoms with E-state index in [1.807, 2.05) is 34.0 Å². The third-order valence-corrected chi connectivity index (χ3v) is 3.69. The van der Waals surface area contributed by atoms with Crippen LogP contribution in [0.3, 0.4) is 0 Å². The largest absolute Gasteiger partial charge is 0.320 e. The maximum Gasteiger partial charge on any atom is 0.265 e. The summed E-state index contributed by atoms with van der Waals surface area (Å²) in [6.45, 7) is 0. The first kappa shape index (κ1) is 11.5. The van der Waals surface area contributed by atoms with Crippen LogP contribution >= 0.6 is 33.9 Å². The number of carbonyl (C=O) groups excluding carboxylic acids is 1. The quantitative estimate of drug-likeness (QED) is 0.824. The van der Waals surface area contributed by atoms with Gasteiger partial charge in [0, 0.05) is 3.57 Å². The molecule has 0 fully saturated rings. The number of anilines is 1. The Morgan fingerprint density at radius 3 is 2.81 bits per heavy atom. The summed E-state index contributed by atoms with van der Waals surface area (Å²) in [5.74, 6) is -0.474. The Bertz CT molecular complexity index is 513. The second-order valence-corrected chi connectivity index (χ2v) is 5.17. The van der Waals surface area contributed by atoms with Gasteiger partial charge in [-0.15, -0.1) is 11.3 Å². The number of amides is 1. The second-order valence-electron chi connectivity index (χ2n) is 3.06. The zero-order valence-electron chi connectivity index (χ0n) is 8.04. The van der Waals surface area contributed by atoms with Gasteiger partial charge in [-0.2, -0.15) is 0 Å². The molecule has 1 N–H and O–H groups in total. The van der Waals surface area contributed by atoms with E-state index in [1.54, 1.807) is 12.1 Å². The van der Waals surface area contributed by atoms with E-state index in [0.29, 0.717) is 14.1 Å². The van der Waals surface area contributed by atoms with Crippen molar-refractivity contribution in [1.82, 2.24) is 0 Å². The Labute approximate surface area is 110 Å². The number of thiophene rings is 1. The number of carbonyl (C=O) groups is 1. The van der Waals surface area contributed by atoms with Gasteiger partial charge >= 0.3 is 0 Å². The smallest absolute Gasteiger partial charge is 0.265 e. The standard InChI is InChI=1S/C11H7FINOS/c12-7-3-4-9(8(13)6-7)14-11(15)10-2-1-5-16-10/h1-6H,(H,14,15). The molecule has 2 nitrogen and oxygen atoms in total. The Hall–Kier alpha value is -0.950. The summed E-state index contributed by atoms with van der Waals surface area (Å²) in [7, 11) is 0. The Kier molecular flexibility index (Phi) is 3.55. The molecule has 1 amide bonds. The highest BCUT2D eigenvalue weighted by Gasteiger charge is 2.09. The molecule has 0 spiro atoms. The third kappa shape index (κ3) is 2.59. The summed E-state index contributed by atoms with van der Waals surface area (Å²) < 4.78 is 13.5. The summed E-state index contributed by atoms with van der Waals surface area (Å²) in [5.41, 5.74) is 0.625. The predicted molar refractivity (Wildman–Crippen MR) is 71.4 cm³/mol. The molecule has 1 aromatic carbocycles. The van der Waals surface area contributed by atoms with Gasteiger partial charge in [-0.1, -0.05) is 6.07 Å². The van der Waals surface area contributed by atoms with Crippen molar-refractivity contribution >= 4 is 45.5 Å². The topological polar surface area (TPSA) is 29.1 Å². The molecular weight excluding hydrogens is 340 g/mol. The van der Waals surface area contributed by atoms with Crippen LogP contribution in [0.1, 0.15) is 9.67 Å². The highest BCUT2D eigenvalue weighted by molar-refractivity contribution is 14.1. The average molecular weight is 347 g/mol. The van der Waals surface area contributed by atoms with E-state index in [2.05, 4.69) is 5.32 Å². The van der Waals surface area contributed by atoms with Crippen molar-refractivity contribution < 1.29 is 9.18 Å². The lowest BCUT2D eigenvalue weighted by Gasteiger charge is -2.05. The van der Waals surface area contributed by atoms with E-state index >= 15 is 0 Å². The van der Waals surface area contributed by atoms with Crippen LogP contribution in [0.5, 0.6) is 0 Å². The minimum atomic E-state index is -0.307. The van der Waals surface area contributed by atoms with E-state index in [1.165, 1.54) is 23.5 Å². The Morgan fingerprint density at radius 2 is 2.19 bits per heavy atom. The van der Waals surface area contributed by atoms with Gasteiger partial charge in [0.2, 0.25) is 0 Å². The maximum atomic E-state index is 12.8. The molecule has 5 heteroatoms. The first-order valence-corrected chi connectivity index (χ1v) is 6.42. The molecule has 0 radical (unpaired) electrons. The van der Waals surface area contributed by atoms with Gasteiger partial charge in [-0.3, -0.25) is 4.79 Å². The maximum absolute atomic E-state index is 12.8. The van der Waals surface area contributed by atoms with Crippen molar-refractivity contribution in [2.45, 2.75) is 0 Å². The Morgan fingerprint density at radius 1 is 1.38 bits per heavy atom. The molecule has 2 aromatic rings. The normalized spacial score (nSPS) is 10.1. The van der Waals surface area contributed by atoms with Crippen molar-refractivity contribution in [2.75, 3.05) is 5.32 Å². The lowest BCUT2D eigenvalue weighted by atomic mass is 10.3. The van der Waals surface area contributed by atoms with Crippen molar-refractivity contribution in [3.63, 3.8) is 0 Å². The van der Waals surface area contributed by atoms with Gasteiger partial charge in [-0.05, 0) is 52.2 Å². The van der Waals surface area contributed by atoms with E-state index in [9.17, 15) is 9.18 Å². The molecular formula is C11H7FINOS. The monoisotopic (exact) mass is 347 g/mol. The fraction of sp³-hybridized carbons (Fsp3) is 0. The Balaban J connectivity index is 2.18. The number of nitrogens with one attached hydrogen (secondary N) is 1. The highest BCUT2D eigenvalue weighted by atomic mass is 127. The molecule has 0 aliphatic heterocycles. The summed E-state index contributed by atoms with van der Waals surface area (Å²) in [6.07, 6.45) is 0. The summed E-state index contributed by atoms with van der Waals surface area (Å²) in [5, 5.41) is 4.57. The molecule has 16 heavy (non-hydrogen) atoms. The average Bonchev–Trinajstić information content (AvgIpc) is 2.75. The predicted octanol–water partition coefficient (Wildman–Crippen LogP) is 3.74. The molecule has 1 heterocycles. The number of halogens is 2. The number of rotatable bonds is 2. The van der Waals surface area contributed by atoms with Gasteiger partial charge in [-0.25, -0.2) is 4.39 Å². The fourth-order valence-corrected chi connectivity index (χ4v) is 2.41. The summed E-state index contributed by atoms with van der Waals surface area (Å²) >= 11 is 3.36. The van der Waals surface area contributed by atoms with Crippen LogP contribution < -0.4 is 5.32 Å². The van der Waals surface area contributed by atoms with Crippen LogP contribution in [-0.2, 0) is 0 Å². The molecule has 0 aliphatic rings. The summed E-state index contributed by atoms with van der Waals surface area (Å²) in [4.78, 5) is 12.4. The molecule has 1 aromatic heterocycles. The first-order valence-electron chi connectivity index (χ1n) is 4.47. The van der Waals surface area contributed by atoms with Crippen LogP contribution in [0.4, 0.5) is 10.1 Å². The molecule has 0 atom stereocenters. The molecule has 0 unspecified atom stereocenters. The van der Waals surface area contributed by atoms with Crippen LogP contribution in [-0.4, -0.2) is 5.91 Å². The van der Waals surface area contributed by atoms with E-state index in [4.69, 9.17) is 0 Å². The van der Waals surface area contributed by atoms with Crippen LogP contribution in [0, 0.1) is 9.39 Å². The van der Waals surface area contributed by atoms with E-state index < -0.39 is 0 Å².